The zero-order valence-electron chi connectivity index (χ0n) is 25.3. The van der Waals surface area contributed by atoms with Gasteiger partial charge in [0.1, 0.15) is 17.1 Å². The van der Waals surface area contributed by atoms with E-state index in [0.29, 0.717) is 48.8 Å². The topological polar surface area (TPSA) is 141 Å². The molecule has 0 radical (unpaired) electrons. The molecule has 12 nitrogen and oxygen atoms in total. The van der Waals surface area contributed by atoms with Gasteiger partial charge in [0.2, 0.25) is 0 Å². The number of carbonyl (C=O) groups is 2. The van der Waals surface area contributed by atoms with Crippen molar-refractivity contribution in [2.45, 2.75) is 64.7 Å². The SMILES string of the molecule is CO[C@@H]1CCOC[C@H]1N(Cc1ccc(-c2ccncc2)cn1)C(=O)c1cc2nc(NC(=O)OC(C)(C)C)c3c(c2[nH]1)COC3. The number of nitrogens with zero attached hydrogens (tertiary/aromatic N) is 4. The maximum Gasteiger partial charge on any atom is 0.413 e. The molecule has 0 unspecified atom stereocenters. The standard InChI is InChI=1S/C32H36N6O6/c1-32(2,3)44-31(40)37-29-23-17-43-16-22(23)28-24(36-29)13-25(35-28)30(39)38(26-18-42-12-9-27(26)41-4)15-21-6-5-20(14-34-21)19-7-10-33-11-8-19/h5-8,10-11,13-14,26-27,35H,9,12,15-18H2,1-4H3,(H,36,37,40)/t26-,27-/m1/s1. The second-order valence-electron chi connectivity index (χ2n) is 11.9. The lowest BCUT2D eigenvalue weighted by atomic mass is 10.0. The van der Waals surface area contributed by atoms with Crippen molar-refractivity contribution in [2.75, 3.05) is 25.6 Å². The molecule has 6 heterocycles. The van der Waals surface area contributed by atoms with E-state index >= 15 is 0 Å². The molecule has 4 aromatic rings. The normalized spacial score (nSPS) is 18.2. The number of pyridine rings is 3. The van der Waals surface area contributed by atoms with Crippen LogP contribution >= 0.6 is 0 Å². The summed E-state index contributed by atoms with van der Waals surface area (Å²) in [6, 6.07) is 9.13. The van der Waals surface area contributed by atoms with Crippen molar-refractivity contribution in [3.8, 4) is 11.1 Å². The lowest BCUT2D eigenvalue weighted by Crippen LogP contribution is -2.52. The number of hydrogen-bond acceptors (Lipinski definition) is 9. The number of aromatic nitrogens is 4. The monoisotopic (exact) mass is 600 g/mol. The van der Waals surface area contributed by atoms with E-state index in [4.69, 9.17) is 18.9 Å². The highest BCUT2D eigenvalue weighted by molar-refractivity contribution is 5.99. The summed E-state index contributed by atoms with van der Waals surface area (Å²) in [7, 11) is 1.66. The highest BCUT2D eigenvalue weighted by Gasteiger charge is 2.36. The minimum absolute atomic E-state index is 0.200. The van der Waals surface area contributed by atoms with Crippen LogP contribution in [0.15, 0.2) is 48.9 Å². The fourth-order valence-electron chi connectivity index (χ4n) is 5.60. The molecule has 2 N–H and O–H groups in total. The van der Waals surface area contributed by atoms with Crippen molar-refractivity contribution in [1.29, 1.82) is 0 Å². The van der Waals surface area contributed by atoms with Crippen LogP contribution < -0.4 is 5.32 Å². The Balaban J connectivity index is 1.32. The summed E-state index contributed by atoms with van der Waals surface area (Å²) in [5.41, 5.74) is 5.20. The summed E-state index contributed by atoms with van der Waals surface area (Å²) >= 11 is 0. The Morgan fingerprint density at radius 3 is 2.61 bits per heavy atom. The van der Waals surface area contributed by atoms with Gasteiger partial charge in [0.05, 0.1) is 55.2 Å². The molecular formula is C32H36N6O6. The van der Waals surface area contributed by atoms with Gasteiger partial charge in [-0.3, -0.25) is 20.1 Å². The van der Waals surface area contributed by atoms with Gasteiger partial charge >= 0.3 is 6.09 Å². The quantitative estimate of drug-likeness (QED) is 0.305. The van der Waals surface area contributed by atoms with Gasteiger partial charge in [-0.05, 0) is 57.0 Å². The van der Waals surface area contributed by atoms with Crippen LogP contribution in [0.5, 0.6) is 0 Å². The number of hydrogen-bond donors (Lipinski definition) is 2. The highest BCUT2D eigenvalue weighted by atomic mass is 16.6. The predicted molar refractivity (Wildman–Crippen MR) is 162 cm³/mol. The van der Waals surface area contributed by atoms with Crippen molar-refractivity contribution in [1.82, 2.24) is 24.8 Å². The summed E-state index contributed by atoms with van der Waals surface area (Å²) in [5, 5.41) is 2.76. The van der Waals surface area contributed by atoms with Gasteiger partial charge in [0.15, 0.2) is 0 Å². The number of carbonyl (C=O) groups excluding carboxylic acids is 2. The molecule has 2 atom stereocenters. The van der Waals surface area contributed by atoms with Gasteiger partial charge in [-0.25, -0.2) is 9.78 Å². The van der Waals surface area contributed by atoms with Crippen molar-refractivity contribution in [3.63, 3.8) is 0 Å². The van der Waals surface area contributed by atoms with Crippen LogP contribution in [0.3, 0.4) is 0 Å². The molecular weight excluding hydrogens is 564 g/mol. The largest absolute Gasteiger partial charge is 0.444 e. The summed E-state index contributed by atoms with van der Waals surface area (Å²) in [5.74, 6) is 0.114. The van der Waals surface area contributed by atoms with E-state index in [1.807, 2.05) is 24.3 Å². The second-order valence-corrected chi connectivity index (χ2v) is 11.9. The van der Waals surface area contributed by atoms with Crippen molar-refractivity contribution >= 4 is 28.9 Å². The molecule has 1 saturated heterocycles. The van der Waals surface area contributed by atoms with Gasteiger partial charge in [0, 0.05) is 49.0 Å². The van der Waals surface area contributed by atoms with Crippen LogP contribution in [-0.2, 0) is 38.7 Å². The summed E-state index contributed by atoms with van der Waals surface area (Å²) in [4.78, 5) is 45.3. The van der Waals surface area contributed by atoms with E-state index in [1.54, 1.807) is 57.4 Å². The maximum absolute atomic E-state index is 14.3. The molecule has 6 rings (SSSR count). The maximum atomic E-state index is 14.3. The molecule has 12 heteroatoms. The number of nitrogens with one attached hydrogen (secondary N) is 2. The summed E-state index contributed by atoms with van der Waals surface area (Å²) in [6.07, 6.45) is 5.14. The number of H-pyrrole nitrogens is 1. The molecule has 0 spiro atoms. The number of aromatic amines is 1. The first-order valence-corrected chi connectivity index (χ1v) is 14.6. The van der Waals surface area contributed by atoms with Gasteiger partial charge in [-0.2, -0.15) is 0 Å². The van der Waals surface area contributed by atoms with Crippen molar-refractivity contribution < 1.29 is 28.5 Å². The molecule has 2 aliphatic heterocycles. The van der Waals surface area contributed by atoms with Gasteiger partial charge in [0.25, 0.3) is 5.91 Å². The first-order chi connectivity index (χ1) is 21.2. The zero-order chi connectivity index (χ0) is 30.8. The van der Waals surface area contributed by atoms with Crippen LogP contribution in [0.4, 0.5) is 10.6 Å². The molecule has 1 fully saturated rings. The van der Waals surface area contributed by atoms with E-state index in [2.05, 4.69) is 25.3 Å². The molecule has 2 aliphatic rings. The van der Waals surface area contributed by atoms with Crippen molar-refractivity contribution in [3.05, 3.63) is 71.4 Å². The highest BCUT2D eigenvalue weighted by Crippen LogP contribution is 2.33. The number of ether oxygens (including phenoxy) is 4. The minimum Gasteiger partial charge on any atom is -0.444 e. The van der Waals surface area contributed by atoms with Crippen LogP contribution in [0.25, 0.3) is 22.2 Å². The number of amides is 2. The molecule has 2 amide bonds. The average Bonchev–Trinajstić information content (AvgIpc) is 3.67. The third-order valence-electron chi connectivity index (χ3n) is 7.72. The summed E-state index contributed by atoms with van der Waals surface area (Å²) < 4.78 is 22.8. The molecule has 44 heavy (non-hydrogen) atoms. The Morgan fingerprint density at radius 2 is 1.89 bits per heavy atom. The van der Waals surface area contributed by atoms with Crippen LogP contribution in [0.2, 0.25) is 0 Å². The van der Waals surface area contributed by atoms with E-state index < -0.39 is 11.7 Å². The minimum atomic E-state index is -0.665. The zero-order valence-corrected chi connectivity index (χ0v) is 25.3. The van der Waals surface area contributed by atoms with E-state index in [9.17, 15) is 9.59 Å². The Morgan fingerprint density at radius 1 is 1.09 bits per heavy atom. The molecule has 0 saturated carbocycles. The number of methoxy groups -OCH3 is 1. The Bertz CT molecular complexity index is 1650. The van der Waals surface area contributed by atoms with E-state index in [-0.39, 0.29) is 31.2 Å². The van der Waals surface area contributed by atoms with Crippen molar-refractivity contribution in [2.24, 2.45) is 0 Å². The second kappa shape index (κ2) is 12.3. The Hall–Kier alpha value is -4.39. The molecule has 230 valence electrons. The lowest BCUT2D eigenvalue weighted by molar-refractivity contribution is -0.0716. The predicted octanol–water partition coefficient (Wildman–Crippen LogP) is 4.84. The molecule has 4 aromatic heterocycles. The van der Waals surface area contributed by atoms with Gasteiger partial charge in [-0.15, -0.1) is 0 Å². The summed E-state index contributed by atoms with van der Waals surface area (Å²) in [6.45, 7) is 7.14. The molecule has 0 aliphatic carbocycles. The molecule has 0 bridgehead atoms. The Labute approximate surface area is 255 Å². The smallest absolute Gasteiger partial charge is 0.413 e. The lowest BCUT2D eigenvalue weighted by Gasteiger charge is -2.38. The molecule has 0 aromatic carbocycles. The van der Waals surface area contributed by atoms with E-state index in [0.717, 1.165) is 27.9 Å². The Kier molecular flexibility index (Phi) is 8.30. The van der Waals surface area contributed by atoms with E-state index in [1.165, 1.54) is 0 Å². The average molecular weight is 601 g/mol. The first-order valence-electron chi connectivity index (χ1n) is 14.6. The van der Waals surface area contributed by atoms with Crippen LogP contribution in [0, 0.1) is 0 Å². The third kappa shape index (κ3) is 6.28. The number of fused-ring (bicyclic) bond motifs is 3. The number of anilines is 1. The fourth-order valence-corrected chi connectivity index (χ4v) is 5.60. The van der Waals surface area contributed by atoms with Gasteiger partial charge in [-0.1, -0.05) is 6.07 Å². The van der Waals surface area contributed by atoms with Crippen LogP contribution in [0.1, 0.15) is 54.5 Å². The third-order valence-corrected chi connectivity index (χ3v) is 7.72. The number of rotatable bonds is 7. The fraction of sp³-hybridized carbons (Fsp3) is 0.406. The van der Waals surface area contributed by atoms with Gasteiger partial charge < -0.3 is 28.8 Å². The first kappa shape index (κ1) is 29.7. The van der Waals surface area contributed by atoms with Crippen LogP contribution in [-0.4, -0.2) is 74.9 Å².